The zero-order valence-corrected chi connectivity index (χ0v) is 18.8. The van der Waals surface area contributed by atoms with Gasteiger partial charge in [0, 0.05) is 17.7 Å². The van der Waals surface area contributed by atoms with Crippen LogP contribution in [0, 0.1) is 0 Å². The van der Waals surface area contributed by atoms with Crippen LogP contribution in [0.15, 0.2) is 72.8 Å². The summed E-state index contributed by atoms with van der Waals surface area (Å²) in [5.74, 6) is 2.74. The lowest BCUT2D eigenvalue weighted by Crippen LogP contribution is -2.18. The van der Waals surface area contributed by atoms with Gasteiger partial charge in [-0.2, -0.15) is 5.10 Å². The summed E-state index contributed by atoms with van der Waals surface area (Å²) in [6.07, 6.45) is 2.59. The molecule has 1 saturated heterocycles. The van der Waals surface area contributed by atoms with Crippen molar-refractivity contribution in [3.05, 3.63) is 83.9 Å². The third-order valence-corrected chi connectivity index (χ3v) is 5.95. The summed E-state index contributed by atoms with van der Waals surface area (Å²) >= 11 is 0. The number of methoxy groups -OCH3 is 1. The lowest BCUT2D eigenvalue weighted by atomic mass is 10.1. The quantitative estimate of drug-likeness (QED) is 0.402. The minimum atomic E-state index is 0.483. The van der Waals surface area contributed by atoms with Crippen LogP contribution in [0.3, 0.4) is 0 Å². The Morgan fingerprint density at radius 1 is 0.848 bits per heavy atom. The largest absolute Gasteiger partial charge is 0.493 e. The van der Waals surface area contributed by atoms with E-state index < -0.39 is 0 Å². The standard InChI is InChI=1S/C27H28N4O2/c1-32-25-17-23(12-13-24(25)33-19-20-8-3-2-4-9-20)27-28-26(29-30-27)22-11-7-10-21(16-22)18-31-14-5-6-15-31/h2-4,7-13,16-17H,5-6,14-15,18-19H2,1H3,(H,28,29,30). The maximum absolute atomic E-state index is 5.97. The van der Waals surface area contributed by atoms with E-state index in [4.69, 9.17) is 14.5 Å². The number of aromatic amines is 1. The Morgan fingerprint density at radius 3 is 2.48 bits per heavy atom. The fourth-order valence-electron chi connectivity index (χ4n) is 4.20. The van der Waals surface area contributed by atoms with Crippen molar-refractivity contribution in [1.82, 2.24) is 20.1 Å². The van der Waals surface area contributed by atoms with Crippen LogP contribution in [0.4, 0.5) is 0 Å². The Kier molecular flexibility index (Phi) is 6.35. The molecule has 0 aliphatic carbocycles. The van der Waals surface area contributed by atoms with E-state index in [0.29, 0.717) is 29.8 Å². The van der Waals surface area contributed by atoms with Crippen molar-refractivity contribution in [1.29, 1.82) is 0 Å². The van der Waals surface area contributed by atoms with Crippen LogP contribution in [0.5, 0.6) is 11.5 Å². The van der Waals surface area contributed by atoms with E-state index in [1.165, 1.54) is 31.5 Å². The van der Waals surface area contributed by atoms with Gasteiger partial charge in [-0.25, -0.2) is 4.98 Å². The number of ether oxygens (including phenoxy) is 2. The first kappa shape index (κ1) is 21.2. The molecule has 1 aromatic heterocycles. The van der Waals surface area contributed by atoms with E-state index in [1.807, 2.05) is 48.5 Å². The maximum atomic E-state index is 5.97. The third kappa shape index (κ3) is 5.07. The Balaban J connectivity index is 1.32. The highest BCUT2D eigenvalue weighted by Gasteiger charge is 2.14. The highest BCUT2D eigenvalue weighted by Crippen LogP contribution is 2.32. The summed E-state index contributed by atoms with van der Waals surface area (Å²) in [6.45, 7) is 3.83. The van der Waals surface area contributed by atoms with Crippen molar-refractivity contribution >= 4 is 0 Å². The Bertz CT molecular complexity index is 1200. The predicted molar refractivity (Wildman–Crippen MR) is 129 cm³/mol. The Morgan fingerprint density at radius 2 is 1.67 bits per heavy atom. The molecule has 0 unspecified atom stereocenters. The van der Waals surface area contributed by atoms with E-state index in [1.54, 1.807) is 7.11 Å². The summed E-state index contributed by atoms with van der Waals surface area (Å²) in [7, 11) is 1.65. The monoisotopic (exact) mass is 440 g/mol. The first-order valence-corrected chi connectivity index (χ1v) is 11.4. The van der Waals surface area contributed by atoms with Gasteiger partial charge in [0.05, 0.1) is 7.11 Å². The second-order valence-corrected chi connectivity index (χ2v) is 8.33. The van der Waals surface area contributed by atoms with Crippen LogP contribution >= 0.6 is 0 Å². The highest BCUT2D eigenvalue weighted by atomic mass is 16.5. The molecular weight excluding hydrogens is 412 g/mol. The molecule has 168 valence electrons. The molecule has 33 heavy (non-hydrogen) atoms. The molecule has 4 aromatic rings. The van der Waals surface area contributed by atoms with Gasteiger partial charge in [-0.05, 0) is 61.3 Å². The van der Waals surface area contributed by atoms with Crippen molar-refractivity contribution in [2.75, 3.05) is 20.2 Å². The molecule has 3 aromatic carbocycles. The third-order valence-electron chi connectivity index (χ3n) is 5.95. The number of nitrogens with one attached hydrogen (secondary N) is 1. The van der Waals surface area contributed by atoms with Crippen LogP contribution in [0.1, 0.15) is 24.0 Å². The number of nitrogens with zero attached hydrogens (tertiary/aromatic N) is 3. The lowest BCUT2D eigenvalue weighted by Gasteiger charge is -2.14. The molecule has 0 bridgehead atoms. The zero-order chi connectivity index (χ0) is 22.5. The van der Waals surface area contributed by atoms with Gasteiger partial charge in [0.25, 0.3) is 0 Å². The molecule has 0 radical (unpaired) electrons. The summed E-state index contributed by atoms with van der Waals surface area (Å²) in [5.41, 5.74) is 4.31. The van der Waals surface area contributed by atoms with Crippen LogP contribution in [0.25, 0.3) is 22.8 Å². The van der Waals surface area contributed by atoms with Gasteiger partial charge >= 0.3 is 0 Å². The second kappa shape index (κ2) is 9.88. The number of rotatable bonds is 8. The summed E-state index contributed by atoms with van der Waals surface area (Å²) < 4.78 is 11.5. The van der Waals surface area contributed by atoms with E-state index in [-0.39, 0.29) is 0 Å². The number of benzene rings is 3. The van der Waals surface area contributed by atoms with Crippen LogP contribution in [0.2, 0.25) is 0 Å². The molecule has 1 aliphatic heterocycles. The fraction of sp³-hybridized carbons (Fsp3) is 0.259. The lowest BCUT2D eigenvalue weighted by molar-refractivity contribution is 0.284. The molecule has 1 N–H and O–H groups in total. The van der Waals surface area contributed by atoms with Gasteiger partial charge in [0.1, 0.15) is 6.61 Å². The number of hydrogen-bond donors (Lipinski definition) is 1. The molecule has 6 heteroatoms. The average Bonchev–Trinajstić information content (AvgIpc) is 3.56. The van der Waals surface area contributed by atoms with Crippen molar-refractivity contribution in [2.24, 2.45) is 0 Å². The smallest absolute Gasteiger partial charge is 0.181 e. The zero-order valence-electron chi connectivity index (χ0n) is 18.8. The number of H-pyrrole nitrogens is 1. The Labute approximate surface area is 194 Å². The van der Waals surface area contributed by atoms with E-state index in [9.17, 15) is 0 Å². The minimum absolute atomic E-state index is 0.483. The van der Waals surface area contributed by atoms with Crippen LogP contribution < -0.4 is 9.47 Å². The van der Waals surface area contributed by atoms with Crippen molar-refractivity contribution in [3.8, 4) is 34.3 Å². The molecule has 5 rings (SSSR count). The first-order chi connectivity index (χ1) is 16.3. The van der Waals surface area contributed by atoms with Gasteiger partial charge < -0.3 is 9.47 Å². The highest BCUT2D eigenvalue weighted by molar-refractivity contribution is 5.64. The van der Waals surface area contributed by atoms with Gasteiger partial charge in [0.15, 0.2) is 23.1 Å². The molecule has 1 aliphatic rings. The Hall–Kier alpha value is -3.64. The average molecular weight is 441 g/mol. The van der Waals surface area contributed by atoms with E-state index >= 15 is 0 Å². The SMILES string of the molecule is COc1cc(-c2nc(-c3cccc(CN4CCCC4)c3)n[nH]2)ccc1OCc1ccccc1. The van der Waals surface area contributed by atoms with Crippen molar-refractivity contribution in [3.63, 3.8) is 0 Å². The van der Waals surface area contributed by atoms with Crippen LogP contribution in [-0.4, -0.2) is 40.3 Å². The van der Waals surface area contributed by atoms with Crippen LogP contribution in [-0.2, 0) is 13.2 Å². The minimum Gasteiger partial charge on any atom is -0.493 e. The number of hydrogen-bond acceptors (Lipinski definition) is 5. The number of aromatic nitrogens is 3. The van der Waals surface area contributed by atoms with Gasteiger partial charge in [-0.3, -0.25) is 10.00 Å². The van der Waals surface area contributed by atoms with Crippen molar-refractivity contribution in [2.45, 2.75) is 26.0 Å². The predicted octanol–water partition coefficient (Wildman–Crippen LogP) is 5.32. The normalized spacial score (nSPS) is 13.8. The molecule has 0 atom stereocenters. The maximum Gasteiger partial charge on any atom is 0.181 e. The molecule has 0 saturated carbocycles. The summed E-state index contributed by atoms with van der Waals surface area (Å²) in [4.78, 5) is 7.24. The first-order valence-electron chi connectivity index (χ1n) is 11.4. The molecule has 6 nitrogen and oxygen atoms in total. The summed E-state index contributed by atoms with van der Waals surface area (Å²) in [6, 6.07) is 24.4. The molecule has 2 heterocycles. The molecule has 0 amide bonds. The summed E-state index contributed by atoms with van der Waals surface area (Å²) in [5, 5.41) is 7.54. The van der Waals surface area contributed by atoms with E-state index in [2.05, 4.69) is 39.4 Å². The molecule has 1 fully saturated rings. The van der Waals surface area contributed by atoms with Gasteiger partial charge in [0.2, 0.25) is 0 Å². The van der Waals surface area contributed by atoms with E-state index in [0.717, 1.165) is 23.2 Å². The second-order valence-electron chi connectivity index (χ2n) is 8.33. The van der Waals surface area contributed by atoms with Gasteiger partial charge in [-0.15, -0.1) is 0 Å². The molecular formula is C27H28N4O2. The molecule has 0 spiro atoms. The van der Waals surface area contributed by atoms with Crippen molar-refractivity contribution < 1.29 is 9.47 Å². The fourth-order valence-corrected chi connectivity index (χ4v) is 4.20. The van der Waals surface area contributed by atoms with Gasteiger partial charge in [-0.1, -0.05) is 48.5 Å². The topological polar surface area (TPSA) is 63.3 Å². The number of likely N-dealkylation sites (tertiary alicyclic amines) is 1.